The van der Waals surface area contributed by atoms with Gasteiger partial charge in [0.05, 0.1) is 13.2 Å². The standard InChI is InChI=1S/C42H40O5/c1-3-44-40(42(43)45-4-2)27-30-15-22-37(23-16-30)46-25-26-47-41-38-24-21-34(31-11-7-5-8-12-31)28-36(38)20-18-33-17-19-35(29-39(33)41)32-13-9-6-10-14-32/h5-24,28-29,40-41H,3-4,25-27H2,1-2H3. The van der Waals surface area contributed by atoms with E-state index in [1.54, 1.807) is 6.92 Å². The van der Waals surface area contributed by atoms with Gasteiger partial charge in [-0.05, 0) is 88.2 Å². The molecule has 0 aliphatic heterocycles. The molecule has 0 heterocycles. The summed E-state index contributed by atoms with van der Waals surface area (Å²) < 4.78 is 23.6. The Morgan fingerprint density at radius 1 is 0.638 bits per heavy atom. The Labute approximate surface area is 277 Å². The van der Waals surface area contributed by atoms with Gasteiger partial charge in [0.1, 0.15) is 18.5 Å². The Bertz CT molecular complexity index is 1800. The van der Waals surface area contributed by atoms with Crippen LogP contribution in [0.25, 0.3) is 34.4 Å². The fraction of sp³-hybridized carbons (Fsp3) is 0.214. The molecule has 1 aliphatic rings. The zero-order chi connectivity index (χ0) is 32.4. The molecule has 238 valence electrons. The molecule has 2 unspecified atom stereocenters. The van der Waals surface area contributed by atoms with E-state index < -0.39 is 6.10 Å². The zero-order valence-corrected chi connectivity index (χ0v) is 26.9. The average molecular weight is 625 g/mol. The van der Waals surface area contributed by atoms with Crippen LogP contribution in [0.15, 0.2) is 121 Å². The molecule has 0 amide bonds. The lowest BCUT2D eigenvalue weighted by atomic mass is 9.91. The molecule has 0 radical (unpaired) electrons. The first-order chi connectivity index (χ1) is 23.1. The summed E-state index contributed by atoms with van der Waals surface area (Å²) in [6.45, 7) is 5.23. The topological polar surface area (TPSA) is 54.0 Å². The third kappa shape index (κ3) is 7.89. The van der Waals surface area contributed by atoms with Crippen LogP contribution in [0, 0.1) is 0 Å². The number of rotatable bonds is 13. The van der Waals surface area contributed by atoms with Gasteiger partial charge in [-0.2, -0.15) is 0 Å². The molecule has 0 bridgehead atoms. The van der Waals surface area contributed by atoms with Crippen molar-refractivity contribution in [2.24, 2.45) is 0 Å². The molecular weight excluding hydrogens is 584 g/mol. The predicted octanol–water partition coefficient (Wildman–Crippen LogP) is 9.20. The lowest BCUT2D eigenvalue weighted by Crippen LogP contribution is -2.28. The third-order valence-electron chi connectivity index (χ3n) is 8.29. The summed E-state index contributed by atoms with van der Waals surface area (Å²) in [6.07, 6.45) is 3.94. The molecule has 0 N–H and O–H groups in total. The first-order valence-corrected chi connectivity index (χ1v) is 16.3. The van der Waals surface area contributed by atoms with Gasteiger partial charge in [-0.1, -0.05) is 109 Å². The highest BCUT2D eigenvalue weighted by Gasteiger charge is 2.24. The van der Waals surface area contributed by atoms with Crippen LogP contribution in [0.4, 0.5) is 0 Å². The van der Waals surface area contributed by atoms with Crippen LogP contribution in [-0.2, 0) is 25.4 Å². The largest absolute Gasteiger partial charge is 0.491 e. The van der Waals surface area contributed by atoms with E-state index in [0.717, 1.165) is 39.1 Å². The molecule has 0 saturated carbocycles. The molecule has 5 nitrogen and oxygen atoms in total. The molecular formula is C42H40O5. The molecule has 2 atom stereocenters. The van der Waals surface area contributed by atoms with E-state index in [1.165, 1.54) is 16.7 Å². The Morgan fingerprint density at radius 2 is 1.30 bits per heavy atom. The number of carbonyl (C=O) groups is 1. The van der Waals surface area contributed by atoms with E-state index >= 15 is 0 Å². The van der Waals surface area contributed by atoms with Crippen molar-refractivity contribution in [3.63, 3.8) is 0 Å². The quantitative estimate of drug-likeness (QED) is 0.0966. The zero-order valence-electron chi connectivity index (χ0n) is 26.9. The van der Waals surface area contributed by atoms with Gasteiger partial charge in [0, 0.05) is 13.0 Å². The molecule has 47 heavy (non-hydrogen) atoms. The maximum atomic E-state index is 12.3. The maximum absolute atomic E-state index is 12.3. The molecule has 0 fully saturated rings. The Hall–Kier alpha value is -4.97. The monoisotopic (exact) mass is 624 g/mol. The van der Waals surface area contributed by atoms with E-state index in [1.807, 2.05) is 43.3 Å². The molecule has 6 rings (SSSR count). The number of fused-ring (bicyclic) bond motifs is 2. The summed E-state index contributed by atoms with van der Waals surface area (Å²) in [4.78, 5) is 12.3. The van der Waals surface area contributed by atoms with Gasteiger partial charge < -0.3 is 18.9 Å². The van der Waals surface area contributed by atoms with Gasteiger partial charge in [-0.3, -0.25) is 0 Å². The first-order valence-electron chi connectivity index (χ1n) is 16.3. The van der Waals surface area contributed by atoms with Gasteiger partial charge >= 0.3 is 5.97 Å². The van der Waals surface area contributed by atoms with Crippen molar-refractivity contribution in [3.8, 4) is 28.0 Å². The van der Waals surface area contributed by atoms with Crippen LogP contribution < -0.4 is 4.74 Å². The molecule has 5 heteroatoms. The van der Waals surface area contributed by atoms with Gasteiger partial charge in [0.2, 0.25) is 0 Å². The van der Waals surface area contributed by atoms with Crippen LogP contribution in [0.1, 0.15) is 47.8 Å². The Kier molecular flexibility index (Phi) is 10.6. The number of benzene rings is 5. The second-order valence-corrected chi connectivity index (χ2v) is 11.4. The lowest BCUT2D eigenvalue weighted by molar-refractivity contribution is -0.156. The summed E-state index contributed by atoms with van der Waals surface area (Å²) in [5.74, 6) is 0.402. The first kappa shape index (κ1) is 32.0. The SMILES string of the molecule is CCOC(=O)C(Cc1ccc(OCCOC2c3ccc(-c4ccccc4)cc3C=Cc3ccc(-c4ccccc4)cc32)cc1)OCC. The van der Waals surface area contributed by atoms with Crippen molar-refractivity contribution in [2.75, 3.05) is 26.4 Å². The van der Waals surface area contributed by atoms with E-state index in [0.29, 0.717) is 32.8 Å². The molecule has 0 spiro atoms. The predicted molar refractivity (Wildman–Crippen MR) is 188 cm³/mol. The van der Waals surface area contributed by atoms with Crippen LogP contribution in [0.5, 0.6) is 5.75 Å². The highest BCUT2D eigenvalue weighted by atomic mass is 16.6. The number of hydrogen-bond acceptors (Lipinski definition) is 5. The number of hydrogen-bond donors (Lipinski definition) is 0. The molecule has 5 aromatic carbocycles. The smallest absolute Gasteiger partial charge is 0.335 e. The highest BCUT2D eigenvalue weighted by Crippen LogP contribution is 2.39. The molecule has 0 saturated heterocycles. The second-order valence-electron chi connectivity index (χ2n) is 11.4. The van der Waals surface area contributed by atoms with Gasteiger partial charge in [0.25, 0.3) is 0 Å². The van der Waals surface area contributed by atoms with E-state index in [-0.39, 0.29) is 12.1 Å². The fourth-order valence-corrected chi connectivity index (χ4v) is 5.97. The maximum Gasteiger partial charge on any atom is 0.335 e. The highest BCUT2D eigenvalue weighted by molar-refractivity contribution is 5.81. The average Bonchev–Trinajstić information content (AvgIpc) is 3.27. The number of ether oxygens (including phenoxy) is 4. The van der Waals surface area contributed by atoms with E-state index in [9.17, 15) is 4.79 Å². The van der Waals surface area contributed by atoms with Crippen molar-refractivity contribution in [1.82, 2.24) is 0 Å². The third-order valence-corrected chi connectivity index (χ3v) is 8.29. The minimum atomic E-state index is -0.619. The van der Waals surface area contributed by atoms with Crippen molar-refractivity contribution in [2.45, 2.75) is 32.5 Å². The summed E-state index contributed by atoms with van der Waals surface area (Å²) in [6, 6.07) is 41.9. The number of carbonyl (C=O) groups excluding carboxylic acids is 1. The van der Waals surface area contributed by atoms with Crippen LogP contribution >= 0.6 is 0 Å². The van der Waals surface area contributed by atoms with Crippen molar-refractivity contribution in [3.05, 3.63) is 149 Å². The summed E-state index contributed by atoms with van der Waals surface area (Å²) in [5, 5.41) is 0. The van der Waals surface area contributed by atoms with Gasteiger partial charge in [-0.25, -0.2) is 4.79 Å². The Balaban J connectivity index is 1.19. The normalized spacial score (nSPS) is 14.0. The lowest BCUT2D eigenvalue weighted by Gasteiger charge is -2.22. The van der Waals surface area contributed by atoms with Crippen LogP contribution in [-0.4, -0.2) is 38.5 Å². The van der Waals surface area contributed by atoms with Gasteiger partial charge in [-0.15, -0.1) is 0 Å². The fourth-order valence-electron chi connectivity index (χ4n) is 5.97. The minimum Gasteiger partial charge on any atom is -0.491 e. The van der Waals surface area contributed by atoms with Crippen molar-refractivity contribution >= 4 is 18.1 Å². The van der Waals surface area contributed by atoms with E-state index in [2.05, 4.69) is 97.1 Å². The molecule has 0 aromatic heterocycles. The summed E-state index contributed by atoms with van der Waals surface area (Å²) >= 11 is 0. The van der Waals surface area contributed by atoms with Gasteiger partial charge in [0.15, 0.2) is 6.10 Å². The van der Waals surface area contributed by atoms with E-state index in [4.69, 9.17) is 18.9 Å². The molecule has 1 aliphatic carbocycles. The van der Waals surface area contributed by atoms with Crippen molar-refractivity contribution in [1.29, 1.82) is 0 Å². The minimum absolute atomic E-state index is 0.271. The Morgan fingerprint density at radius 3 is 1.98 bits per heavy atom. The molecule has 5 aromatic rings. The van der Waals surface area contributed by atoms with Crippen LogP contribution in [0.2, 0.25) is 0 Å². The van der Waals surface area contributed by atoms with Crippen molar-refractivity contribution < 1.29 is 23.7 Å². The van der Waals surface area contributed by atoms with Crippen LogP contribution in [0.3, 0.4) is 0 Å². The summed E-state index contributed by atoms with van der Waals surface area (Å²) in [5.41, 5.74) is 10.2. The number of esters is 1. The second kappa shape index (κ2) is 15.5. The summed E-state index contributed by atoms with van der Waals surface area (Å²) in [7, 11) is 0.